The van der Waals surface area contributed by atoms with E-state index in [0.717, 1.165) is 29.7 Å². The van der Waals surface area contributed by atoms with Crippen LogP contribution in [0.15, 0.2) is 12.1 Å². The first-order chi connectivity index (χ1) is 17.0. The Morgan fingerprint density at radius 2 is 2.00 bits per heavy atom. The number of carboxylic acid groups (broad SMARTS) is 1. The summed E-state index contributed by atoms with van der Waals surface area (Å²) in [6.07, 6.45) is 3.13. The fraction of sp³-hybridized carbons (Fsp3) is 0.556. The number of aliphatic hydroxyl groups is 1. The van der Waals surface area contributed by atoms with E-state index in [4.69, 9.17) is 26.2 Å². The first-order valence-electron chi connectivity index (χ1n) is 12.2. The number of ether oxygens (including phenoxy) is 2. The summed E-state index contributed by atoms with van der Waals surface area (Å²) in [6, 6.07) is 3.57. The lowest BCUT2D eigenvalue weighted by molar-refractivity contribution is -0.136. The number of rotatable bonds is 13. The van der Waals surface area contributed by atoms with Crippen molar-refractivity contribution in [3.05, 3.63) is 43.6 Å². The van der Waals surface area contributed by atoms with Crippen LogP contribution in [0.4, 0.5) is 0 Å². The molecule has 3 rings (SSSR count). The maximum Gasteiger partial charge on any atom is 0.304 e. The lowest BCUT2D eigenvalue weighted by Crippen LogP contribution is -2.32. The molecule has 198 valence electrons. The monoisotopic (exact) mass is 537 g/mol. The van der Waals surface area contributed by atoms with Crippen molar-refractivity contribution in [1.82, 2.24) is 5.32 Å². The number of aliphatic carboxylic acids is 1. The number of carbonyl (C=O) groups is 2. The number of ketones is 1. The van der Waals surface area contributed by atoms with Gasteiger partial charge in [-0.15, -0.1) is 11.3 Å². The van der Waals surface area contributed by atoms with Gasteiger partial charge in [0.15, 0.2) is 17.3 Å². The topological polar surface area (TPSA) is 105 Å². The summed E-state index contributed by atoms with van der Waals surface area (Å²) in [5.41, 5.74) is 3.77. The molecule has 1 heterocycles. The van der Waals surface area contributed by atoms with Gasteiger partial charge in [0.25, 0.3) is 0 Å². The van der Waals surface area contributed by atoms with Gasteiger partial charge >= 0.3 is 5.97 Å². The Morgan fingerprint density at radius 1 is 1.25 bits per heavy atom. The summed E-state index contributed by atoms with van der Waals surface area (Å²) in [5, 5.41) is 22.0. The molecule has 0 aliphatic heterocycles. The molecule has 0 radical (unpaired) electrons. The molecule has 0 amide bonds. The third-order valence-electron chi connectivity index (χ3n) is 6.52. The minimum absolute atomic E-state index is 0.0239. The number of nitrogens with one attached hydrogen (secondary N) is 1. The Bertz CT molecular complexity index is 1100. The van der Waals surface area contributed by atoms with Crippen molar-refractivity contribution in [3.8, 4) is 11.5 Å². The van der Waals surface area contributed by atoms with Gasteiger partial charge in [-0.3, -0.25) is 9.59 Å². The minimum Gasteiger partial charge on any atom is -0.493 e. The van der Waals surface area contributed by atoms with Gasteiger partial charge in [-0.25, -0.2) is 0 Å². The van der Waals surface area contributed by atoms with Crippen LogP contribution >= 0.6 is 22.9 Å². The molecule has 1 unspecified atom stereocenters. The molecule has 7 nitrogen and oxygen atoms in total. The maximum absolute atomic E-state index is 13.1. The molecule has 0 spiro atoms. The lowest BCUT2D eigenvalue weighted by atomic mass is 9.74. The van der Waals surface area contributed by atoms with Crippen LogP contribution in [0.3, 0.4) is 0 Å². The summed E-state index contributed by atoms with van der Waals surface area (Å²) < 4.78 is 11.2. The van der Waals surface area contributed by atoms with Crippen molar-refractivity contribution in [1.29, 1.82) is 0 Å². The first-order valence-corrected chi connectivity index (χ1v) is 13.4. The van der Waals surface area contributed by atoms with E-state index in [1.165, 1.54) is 23.1 Å². The number of aliphatic hydroxyl groups excluding tert-OH is 1. The van der Waals surface area contributed by atoms with E-state index in [1.54, 1.807) is 17.4 Å². The molecule has 3 N–H and O–H groups in total. The minimum atomic E-state index is -0.902. The van der Waals surface area contributed by atoms with E-state index >= 15 is 0 Å². The molecule has 1 atom stereocenters. The average molecular weight is 538 g/mol. The normalized spacial score (nSPS) is 15.3. The molecule has 1 aromatic carbocycles. The number of benzene rings is 1. The number of fused-ring (bicyclic) bond motifs is 1. The molecule has 36 heavy (non-hydrogen) atoms. The number of aryl methyl sites for hydroxylation is 2. The Morgan fingerprint density at radius 3 is 2.69 bits per heavy atom. The second-order valence-corrected chi connectivity index (χ2v) is 11.8. The highest BCUT2D eigenvalue weighted by Gasteiger charge is 2.31. The summed E-state index contributed by atoms with van der Waals surface area (Å²) in [5.74, 6) is 0.0189. The van der Waals surface area contributed by atoms with Gasteiger partial charge < -0.3 is 25.0 Å². The van der Waals surface area contributed by atoms with Crippen LogP contribution in [-0.4, -0.2) is 54.9 Å². The van der Waals surface area contributed by atoms with Crippen LogP contribution in [-0.2, 0) is 24.1 Å². The fourth-order valence-corrected chi connectivity index (χ4v) is 5.99. The summed E-state index contributed by atoms with van der Waals surface area (Å²) in [6.45, 7) is 7.12. The number of hydrogen-bond acceptors (Lipinski definition) is 7. The number of halogens is 1. The highest BCUT2D eigenvalue weighted by molar-refractivity contribution is 7.14. The maximum atomic E-state index is 13.1. The van der Waals surface area contributed by atoms with Crippen LogP contribution in [0.5, 0.6) is 11.5 Å². The van der Waals surface area contributed by atoms with E-state index in [-0.39, 0.29) is 37.3 Å². The van der Waals surface area contributed by atoms with Crippen LogP contribution in [0.25, 0.3) is 0 Å². The summed E-state index contributed by atoms with van der Waals surface area (Å²) >= 11 is 8.09. The third-order valence-corrected chi connectivity index (χ3v) is 8.04. The van der Waals surface area contributed by atoms with Crippen LogP contribution in [0, 0.1) is 12.3 Å². The lowest BCUT2D eigenvalue weighted by Gasteiger charge is -2.30. The summed E-state index contributed by atoms with van der Waals surface area (Å²) in [7, 11) is 1.51. The van der Waals surface area contributed by atoms with Gasteiger partial charge in [-0.2, -0.15) is 0 Å². The molecule has 9 heteroatoms. The van der Waals surface area contributed by atoms with Crippen molar-refractivity contribution in [2.24, 2.45) is 5.41 Å². The second kappa shape index (κ2) is 12.4. The fourth-order valence-electron chi connectivity index (χ4n) is 4.51. The zero-order valence-corrected chi connectivity index (χ0v) is 23.0. The van der Waals surface area contributed by atoms with E-state index < -0.39 is 12.1 Å². The Kier molecular flexibility index (Phi) is 9.80. The SMILES string of the molecule is COc1cc(CCC(=O)c2sc(C)c3c2CCC(C)(C)C3)cc(Cl)c1OCC(O)CNCCC(=O)O. The van der Waals surface area contributed by atoms with Crippen molar-refractivity contribution in [3.63, 3.8) is 0 Å². The average Bonchev–Trinajstić information content (AvgIpc) is 3.13. The van der Waals surface area contributed by atoms with E-state index in [2.05, 4.69) is 26.1 Å². The largest absolute Gasteiger partial charge is 0.493 e. The number of carbonyl (C=O) groups excluding carboxylic acids is 1. The molecule has 0 saturated heterocycles. The van der Waals surface area contributed by atoms with Crippen LogP contribution in [0.2, 0.25) is 5.02 Å². The molecular formula is C27H36ClNO6S. The highest BCUT2D eigenvalue weighted by atomic mass is 35.5. The van der Waals surface area contributed by atoms with Gasteiger partial charge in [0.2, 0.25) is 0 Å². The highest BCUT2D eigenvalue weighted by Crippen LogP contribution is 2.42. The van der Waals surface area contributed by atoms with Crippen molar-refractivity contribution >= 4 is 34.7 Å². The zero-order chi connectivity index (χ0) is 26.5. The number of Topliss-reactive ketones (excluding diaryl/α,β-unsaturated/α-hetero) is 1. The van der Waals surface area contributed by atoms with Crippen molar-refractivity contribution in [2.75, 3.05) is 26.8 Å². The quantitative estimate of drug-likeness (QED) is 0.248. The second-order valence-electron chi connectivity index (χ2n) is 10.1. The molecular weight excluding hydrogens is 502 g/mol. The van der Waals surface area contributed by atoms with E-state index in [9.17, 15) is 14.7 Å². The molecule has 0 bridgehead atoms. The van der Waals surface area contributed by atoms with E-state index in [1.807, 2.05) is 6.07 Å². The molecule has 0 fully saturated rings. The Labute approximate surface area is 221 Å². The first kappa shape index (κ1) is 28.4. The number of hydrogen-bond donors (Lipinski definition) is 3. The standard InChI is InChI=1S/C27H36ClNO6S/c1-16-20-13-27(2,3)9-7-19(20)26(36-16)22(31)6-5-17-11-21(28)25(23(12-17)34-4)35-15-18(30)14-29-10-8-24(32)33/h11-12,18,29-30H,5-10,13-15H2,1-4H3,(H,32,33). The smallest absolute Gasteiger partial charge is 0.304 e. The molecule has 1 aromatic heterocycles. The van der Waals surface area contributed by atoms with E-state index in [0.29, 0.717) is 29.4 Å². The Balaban J connectivity index is 1.60. The Hall–Kier alpha value is -2.13. The number of methoxy groups -OCH3 is 1. The van der Waals surface area contributed by atoms with Gasteiger partial charge in [0, 0.05) is 24.4 Å². The van der Waals surface area contributed by atoms with Gasteiger partial charge in [-0.1, -0.05) is 25.4 Å². The molecule has 1 aliphatic rings. The van der Waals surface area contributed by atoms with Gasteiger partial charge in [0.1, 0.15) is 12.7 Å². The number of carboxylic acids is 1. The third kappa shape index (κ3) is 7.44. The predicted molar refractivity (Wildman–Crippen MR) is 142 cm³/mol. The predicted octanol–water partition coefficient (Wildman–Crippen LogP) is 4.85. The number of thiophene rings is 1. The van der Waals surface area contributed by atoms with Gasteiger partial charge in [0.05, 0.1) is 23.4 Å². The molecule has 1 aliphatic carbocycles. The zero-order valence-electron chi connectivity index (χ0n) is 21.4. The van der Waals surface area contributed by atoms with Crippen LogP contribution in [0.1, 0.15) is 64.3 Å². The van der Waals surface area contributed by atoms with Crippen molar-refractivity contribution in [2.45, 2.75) is 65.4 Å². The van der Waals surface area contributed by atoms with Gasteiger partial charge in [-0.05, 0) is 66.8 Å². The summed E-state index contributed by atoms with van der Waals surface area (Å²) in [4.78, 5) is 25.9. The molecule has 0 saturated carbocycles. The van der Waals surface area contributed by atoms with Crippen LogP contribution < -0.4 is 14.8 Å². The molecule has 2 aromatic rings. The van der Waals surface area contributed by atoms with Crippen molar-refractivity contribution < 1.29 is 29.3 Å².